The first-order valence-electron chi connectivity index (χ1n) is 9.08. The van der Waals surface area contributed by atoms with Gasteiger partial charge in [0.15, 0.2) is 0 Å². The van der Waals surface area contributed by atoms with Crippen molar-refractivity contribution in [2.45, 2.75) is 38.5 Å². The molecule has 24 heavy (non-hydrogen) atoms. The van der Waals surface area contributed by atoms with Crippen LogP contribution in [-0.4, -0.2) is 67.4 Å². The number of urea groups is 1. The van der Waals surface area contributed by atoms with Gasteiger partial charge in [0.25, 0.3) is 0 Å². The summed E-state index contributed by atoms with van der Waals surface area (Å²) in [5.74, 6) is 0.473. The van der Waals surface area contributed by atoms with E-state index in [0.717, 1.165) is 45.2 Å². The average Bonchev–Trinajstić information content (AvgIpc) is 3.33. The van der Waals surface area contributed by atoms with Gasteiger partial charge in [0.1, 0.15) is 0 Å². The van der Waals surface area contributed by atoms with Gasteiger partial charge in [-0.1, -0.05) is 0 Å². The van der Waals surface area contributed by atoms with Crippen LogP contribution in [0.1, 0.15) is 38.5 Å². The second kappa shape index (κ2) is 6.99. The van der Waals surface area contributed by atoms with Crippen molar-refractivity contribution in [1.29, 1.82) is 0 Å². The van der Waals surface area contributed by atoms with Crippen LogP contribution in [0.5, 0.6) is 0 Å². The first kappa shape index (κ1) is 17.0. The Hall–Kier alpha value is -1.79. The minimum Gasteiger partial charge on any atom is -0.342 e. The second-order valence-corrected chi connectivity index (χ2v) is 7.32. The minimum absolute atomic E-state index is 0.0306. The Kier molecular flexibility index (Phi) is 4.96. The zero-order chi connectivity index (χ0) is 17.2. The SMILES string of the molecule is CNC(=O)NCC(=O)N1CCC2(CC1)CC2C(=O)N1CCCCC1. The molecular formula is C17H28N4O3. The van der Waals surface area contributed by atoms with Crippen LogP contribution in [0.15, 0.2) is 0 Å². The van der Waals surface area contributed by atoms with Crippen LogP contribution in [0.2, 0.25) is 0 Å². The molecule has 3 rings (SSSR count). The lowest BCUT2D eigenvalue weighted by Crippen LogP contribution is -2.46. The van der Waals surface area contributed by atoms with Crippen molar-refractivity contribution >= 4 is 17.8 Å². The monoisotopic (exact) mass is 336 g/mol. The van der Waals surface area contributed by atoms with Crippen LogP contribution < -0.4 is 10.6 Å². The van der Waals surface area contributed by atoms with E-state index in [1.165, 1.54) is 13.5 Å². The maximum atomic E-state index is 12.7. The molecule has 2 N–H and O–H groups in total. The number of piperidine rings is 2. The van der Waals surface area contributed by atoms with Crippen LogP contribution in [0.25, 0.3) is 0 Å². The number of nitrogens with zero attached hydrogens (tertiary/aromatic N) is 2. The van der Waals surface area contributed by atoms with Crippen molar-refractivity contribution in [3.8, 4) is 0 Å². The lowest BCUT2D eigenvalue weighted by atomic mass is 9.90. The molecule has 0 aromatic carbocycles. The Labute approximate surface area is 143 Å². The van der Waals surface area contributed by atoms with E-state index in [0.29, 0.717) is 19.0 Å². The Bertz CT molecular complexity index is 508. The number of hydrogen-bond acceptors (Lipinski definition) is 3. The van der Waals surface area contributed by atoms with Crippen LogP contribution in [0.4, 0.5) is 4.79 Å². The molecule has 2 aliphatic heterocycles. The van der Waals surface area contributed by atoms with Crippen molar-refractivity contribution in [3.05, 3.63) is 0 Å². The molecule has 2 saturated heterocycles. The van der Waals surface area contributed by atoms with Crippen LogP contribution >= 0.6 is 0 Å². The van der Waals surface area contributed by atoms with Crippen LogP contribution in [0, 0.1) is 11.3 Å². The molecule has 134 valence electrons. The molecule has 1 atom stereocenters. The Morgan fingerprint density at radius 2 is 1.67 bits per heavy atom. The normalized spacial score (nSPS) is 25.3. The van der Waals surface area contributed by atoms with E-state index in [1.54, 1.807) is 0 Å². The van der Waals surface area contributed by atoms with E-state index >= 15 is 0 Å². The van der Waals surface area contributed by atoms with Crippen molar-refractivity contribution < 1.29 is 14.4 Å². The third kappa shape index (κ3) is 3.49. The highest BCUT2D eigenvalue weighted by atomic mass is 16.2. The highest BCUT2D eigenvalue weighted by Gasteiger charge is 2.59. The fourth-order valence-corrected chi connectivity index (χ4v) is 4.14. The quantitative estimate of drug-likeness (QED) is 0.790. The maximum absolute atomic E-state index is 12.7. The van der Waals surface area contributed by atoms with Gasteiger partial charge in [0.05, 0.1) is 6.54 Å². The third-order valence-electron chi connectivity index (χ3n) is 5.89. The van der Waals surface area contributed by atoms with E-state index in [9.17, 15) is 14.4 Å². The van der Waals surface area contributed by atoms with Gasteiger partial charge in [-0.25, -0.2) is 4.79 Å². The smallest absolute Gasteiger partial charge is 0.314 e. The summed E-state index contributed by atoms with van der Waals surface area (Å²) in [6, 6.07) is -0.341. The van der Waals surface area contributed by atoms with E-state index in [1.807, 2.05) is 9.80 Å². The summed E-state index contributed by atoms with van der Waals surface area (Å²) in [4.78, 5) is 39.8. The molecule has 1 spiro atoms. The summed E-state index contributed by atoms with van der Waals surface area (Å²) < 4.78 is 0. The van der Waals surface area contributed by atoms with E-state index in [4.69, 9.17) is 0 Å². The van der Waals surface area contributed by atoms with E-state index in [-0.39, 0.29) is 29.8 Å². The predicted molar refractivity (Wildman–Crippen MR) is 89.2 cm³/mol. The first-order chi connectivity index (χ1) is 11.6. The molecule has 1 aliphatic carbocycles. The Morgan fingerprint density at radius 3 is 2.29 bits per heavy atom. The summed E-state index contributed by atoms with van der Waals surface area (Å²) >= 11 is 0. The molecule has 1 saturated carbocycles. The first-order valence-corrected chi connectivity index (χ1v) is 9.08. The minimum atomic E-state index is -0.341. The molecule has 3 fully saturated rings. The summed E-state index contributed by atoms with van der Waals surface area (Å²) in [6.45, 7) is 3.25. The van der Waals surface area contributed by atoms with Gasteiger partial charge in [-0.2, -0.15) is 0 Å². The number of amides is 4. The van der Waals surface area contributed by atoms with Gasteiger partial charge < -0.3 is 20.4 Å². The fraction of sp³-hybridized carbons (Fsp3) is 0.824. The van der Waals surface area contributed by atoms with Gasteiger partial charge in [-0.3, -0.25) is 9.59 Å². The molecule has 0 bridgehead atoms. The summed E-state index contributed by atoms with van der Waals surface area (Å²) in [5.41, 5.74) is 0.138. The molecular weight excluding hydrogens is 308 g/mol. The number of likely N-dealkylation sites (tertiary alicyclic amines) is 2. The van der Waals surface area contributed by atoms with Crippen molar-refractivity contribution in [1.82, 2.24) is 20.4 Å². The van der Waals surface area contributed by atoms with Gasteiger partial charge in [0.2, 0.25) is 11.8 Å². The topological polar surface area (TPSA) is 81.8 Å². The van der Waals surface area contributed by atoms with Crippen molar-refractivity contribution in [3.63, 3.8) is 0 Å². The van der Waals surface area contributed by atoms with E-state index in [2.05, 4.69) is 10.6 Å². The van der Waals surface area contributed by atoms with Crippen molar-refractivity contribution in [2.24, 2.45) is 11.3 Å². The fourth-order valence-electron chi connectivity index (χ4n) is 4.14. The molecule has 0 aromatic rings. The third-order valence-corrected chi connectivity index (χ3v) is 5.89. The zero-order valence-electron chi connectivity index (χ0n) is 14.5. The molecule has 3 aliphatic rings. The van der Waals surface area contributed by atoms with Gasteiger partial charge in [-0.05, 0) is 43.9 Å². The number of carbonyl (C=O) groups is 3. The molecule has 4 amide bonds. The Morgan fingerprint density at radius 1 is 1.00 bits per heavy atom. The number of nitrogens with one attached hydrogen (secondary N) is 2. The number of rotatable bonds is 3. The van der Waals surface area contributed by atoms with Crippen LogP contribution in [-0.2, 0) is 9.59 Å². The second-order valence-electron chi connectivity index (χ2n) is 7.32. The van der Waals surface area contributed by atoms with Gasteiger partial charge in [-0.15, -0.1) is 0 Å². The maximum Gasteiger partial charge on any atom is 0.314 e. The molecule has 1 unspecified atom stereocenters. The molecule has 7 heteroatoms. The average molecular weight is 336 g/mol. The molecule has 0 aromatic heterocycles. The largest absolute Gasteiger partial charge is 0.342 e. The summed E-state index contributed by atoms with van der Waals surface area (Å²) in [6.07, 6.45) is 6.30. The summed E-state index contributed by atoms with van der Waals surface area (Å²) in [7, 11) is 1.52. The highest BCUT2D eigenvalue weighted by molar-refractivity contribution is 5.84. The lowest BCUT2D eigenvalue weighted by molar-refractivity contribution is -0.135. The lowest BCUT2D eigenvalue weighted by Gasteiger charge is -2.34. The standard InChI is InChI=1S/C17H28N4O3/c1-18-16(24)19-12-14(22)20-9-5-17(6-10-20)11-13(17)15(23)21-7-3-2-4-8-21/h13H,2-12H2,1H3,(H2,18,19,24). The van der Waals surface area contributed by atoms with Crippen LogP contribution in [0.3, 0.4) is 0 Å². The van der Waals surface area contributed by atoms with Crippen molar-refractivity contribution in [2.75, 3.05) is 39.8 Å². The molecule has 2 heterocycles. The number of hydrogen-bond donors (Lipinski definition) is 2. The number of carbonyl (C=O) groups excluding carboxylic acids is 3. The Balaban J connectivity index is 1.45. The van der Waals surface area contributed by atoms with Gasteiger partial charge >= 0.3 is 6.03 Å². The molecule has 0 radical (unpaired) electrons. The van der Waals surface area contributed by atoms with E-state index < -0.39 is 0 Å². The predicted octanol–water partition coefficient (Wildman–Crippen LogP) is 0.557. The highest BCUT2D eigenvalue weighted by Crippen LogP contribution is 2.60. The zero-order valence-corrected chi connectivity index (χ0v) is 14.5. The van der Waals surface area contributed by atoms with Gasteiger partial charge in [0, 0.05) is 39.1 Å². The molecule has 7 nitrogen and oxygen atoms in total. The summed E-state index contributed by atoms with van der Waals surface area (Å²) in [5, 5.41) is 4.97.